The predicted octanol–water partition coefficient (Wildman–Crippen LogP) is 6.00. The molecule has 0 radical (unpaired) electrons. The van der Waals surface area contributed by atoms with Gasteiger partial charge in [-0.2, -0.15) is 0 Å². The first-order valence-electron chi connectivity index (χ1n) is 11.1. The average Bonchev–Trinajstić information content (AvgIpc) is 3.33. The number of rotatable bonds is 6. The van der Waals surface area contributed by atoms with E-state index in [0.29, 0.717) is 32.6 Å². The molecule has 0 atom stereocenters. The number of carbonyl (C=O) groups is 1. The van der Waals surface area contributed by atoms with Crippen molar-refractivity contribution < 1.29 is 9.18 Å². The lowest BCUT2D eigenvalue weighted by atomic mass is 10.1. The molecular weight excluding hydrogens is 495 g/mol. The summed E-state index contributed by atoms with van der Waals surface area (Å²) < 4.78 is 14.7. The van der Waals surface area contributed by atoms with Gasteiger partial charge in [0.1, 0.15) is 5.82 Å². The highest BCUT2D eigenvalue weighted by atomic mass is 32.2. The number of fused-ring (bicyclic) bond motifs is 1. The molecule has 5 rings (SSSR count). The van der Waals surface area contributed by atoms with Crippen molar-refractivity contribution in [2.24, 2.45) is 0 Å². The van der Waals surface area contributed by atoms with Crippen LogP contribution in [0.2, 0.25) is 0 Å². The Morgan fingerprint density at radius 3 is 2.58 bits per heavy atom. The van der Waals surface area contributed by atoms with Crippen LogP contribution in [0, 0.1) is 19.7 Å². The number of thioether (sulfide) groups is 1. The van der Waals surface area contributed by atoms with Gasteiger partial charge in [-0.3, -0.25) is 14.2 Å². The third-order valence-corrected chi connectivity index (χ3v) is 7.41. The Balaban J connectivity index is 1.39. The van der Waals surface area contributed by atoms with Crippen molar-refractivity contribution in [3.8, 4) is 16.9 Å². The second-order valence-electron chi connectivity index (χ2n) is 8.20. The molecule has 0 spiro atoms. The fourth-order valence-corrected chi connectivity index (χ4v) is 5.22. The number of nitrogens with one attached hydrogen (secondary N) is 1. The fraction of sp³-hybridized carbons (Fsp3) is 0.111. The van der Waals surface area contributed by atoms with Gasteiger partial charge in [-0.1, -0.05) is 30.0 Å². The van der Waals surface area contributed by atoms with Crippen molar-refractivity contribution in [1.82, 2.24) is 14.5 Å². The Kier molecular flexibility index (Phi) is 6.67. The molecule has 0 saturated carbocycles. The monoisotopic (exact) mass is 516 g/mol. The molecule has 0 unspecified atom stereocenters. The van der Waals surface area contributed by atoms with Gasteiger partial charge in [0, 0.05) is 10.9 Å². The van der Waals surface area contributed by atoms with Crippen molar-refractivity contribution in [2.45, 2.75) is 19.0 Å². The van der Waals surface area contributed by atoms with Crippen molar-refractivity contribution in [3.05, 3.63) is 99.4 Å². The molecule has 2 aromatic heterocycles. The van der Waals surface area contributed by atoms with Crippen LogP contribution in [0.1, 0.15) is 11.1 Å². The fourth-order valence-electron chi connectivity index (χ4n) is 3.67. The molecule has 0 fully saturated rings. The Morgan fingerprint density at radius 1 is 1.03 bits per heavy atom. The summed E-state index contributed by atoms with van der Waals surface area (Å²) in [4.78, 5) is 35.3. The third kappa shape index (κ3) is 4.93. The molecule has 0 aliphatic carbocycles. The number of para-hydroxylation sites is 1. The third-order valence-electron chi connectivity index (χ3n) is 5.72. The lowest BCUT2D eigenvalue weighted by molar-refractivity contribution is -0.113. The quantitative estimate of drug-likeness (QED) is 0.221. The first kappa shape index (κ1) is 23.9. The summed E-state index contributed by atoms with van der Waals surface area (Å²) in [5.74, 6) is -0.545. The van der Waals surface area contributed by atoms with Crippen LogP contribution in [0.4, 0.5) is 9.52 Å². The Labute approximate surface area is 214 Å². The maximum absolute atomic E-state index is 13.4. The molecule has 1 amide bonds. The lowest BCUT2D eigenvalue weighted by Crippen LogP contribution is -2.23. The molecule has 0 saturated heterocycles. The first-order valence-corrected chi connectivity index (χ1v) is 13.0. The van der Waals surface area contributed by atoms with Gasteiger partial charge >= 0.3 is 0 Å². The molecule has 1 N–H and O–H groups in total. The van der Waals surface area contributed by atoms with Crippen LogP contribution >= 0.6 is 23.1 Å². The Hall–Kier alpha value is -3.82. The first-order chi connectivity index (χ1) is 17.4. The van der Waals surface area contributed by atoms with E-state index in [1.165, 1.54) is 35.2 Å². The minimum atomic E-state index is -0.318. The number of thiazole rings is 1. The van der Waals surface area contributed by atoms with E-state index in [1.54, 1.807) is 34.2 Å². The Morgan fingerprint density at radius 2 is 1.81 bits per heavy atom. The van der Waals surface area contributed by atoms with E-state index < -0.39 is 0 Å². The van der Waals surface area contributed by atoms with Crippen molar-refractivity contribution in [1.29, 1.82) is 0 Å². The summed E-state index contributed by atoms with van der Waals surface area (Å²) in [7, 11) is 0. The van der Waals surface area contributed by atoms with Crippen molar-refractivity contribution in [3.63, 3.8) is 0 Å². The lowest BCUT2D eigenvalue weighted by Gasteiger charge is -2.14. The number of benzene rings is 3. The summed E-state index contributed by atoms with van der Waals surface area (Å²) in [6.07, 6.45) is 0. The Bertz CT molecular complexity index is 1640. The van der Waals surface area contributed by atoms with Crippen LogP contribution < -0.4 is 10.9 Å². The number of aryl methyl sites for hydroxylation is 2. The second kappa shape index (κ2) is 10.0. The summed E-state index contributed by atoms with van der Waals surface area (Å²) in [6.45, 7) is 4.01. The van der Waals surface area contributed by atoms with E-state index in [9.17, 15) is 14.0 Å². The highest BCUT2D eigenvalue weighted by Gasteiger charge is 2.16. The number of aromatic nitrogens is 3. The molecule has 36 heavy (non-hydrogen) atoms. The zero-order valence-electron chi connectivity index (χ0n) is 19.5. The topological polar surface area (TPSA) is 76.9 Å². The molecule has 0 aliphatic heterocycles. The van der Waals surface area contributed by atoms with Crippen molar-refractivity contribution >= 4 is 45.0 Å². The number of hydrogen-bond acceptors (Lipinski definition) is 6. The van der Waals surface area contributed by atoms with Crippen LogP contribution in [0.5, 0.6) is 0 Å². The predicted molar refractivity (Wildman–Crippen MR) is 144 cm³/mol. The van der Waals surface area contributed by atoms with E-state index in [-0.39, 0.29) is 23.0 Å². The van der Waals surface area contributed by atoms with Crippen LogP contribution in [0.25, 0.3) is 27.8 Å². The van der Waals surface area contributed by atoms with E-state index in [1.807, 2.05) is 44.2 Å². The molecule has 0 bridgehead atoms. The summed E-state index contributed by atoms with van der Waals surface area (Å²) >= 11 is 2.48. The number of amides is 1. The van der Waals surface area contributed by atoms with Gasteiger partial charge in [0.2, 0.25) is 5.91 Å². The summed E-state index contributed by atoms with van der Waals surface area (Å²) in [5.41, 5.74) is 4.70. The van der Waals surface area contributed by atoms with Crippen LogP contribution in [0.3, 0.4) is 0 Å². The van der Waals surface area contributed by atoms with Gasteiger partial charge in [0.05, 0.1) is 28.0 Å². The number of halogens is 1. The smallest absolute Gasteiger partial charge is 0.266 e. The summed E-state index contributed by atoms with van der Waals surface area (Å²) in [6, 6.07) is 19.0. The molecule has 180 valence electrons. The average molecular weight is 517 g/mol. The SMILES string of the molecule is Cc1ccc(-n2c(SCC(=O)Nc3nc(-c4ccc(F)cc4)cs3)nc3ccccc3c2=O)cc1C. The molecule has 2 heterocycles. The highest BCUT2D eigenvalue weighted by Crippen LogP contribution is 2.26. The minimum absolute atomic E-state index is 0.0427. The van der Waals surface area contributed by atoms with Crippen LogP contribution in [-0.2, 0) is 4.79 Å². The number of carbonyl (C=O) groups excluding carboxylic acids is 1. The minimum Gasteiger partial charge on any atom is -0.301 e. The molecular formula is C27H21FN4O2S2. The van der Waals surface area contributed by atoms with E-state index in [4.69, 9.17) is 4.98 Å². The van der Waals surface area contributed by atoms with Crippen molar-refractivity contribution in [2.75, 3.05) is 11.1 Å². The zero-order valence-corrected chi connectivity index (χ0v) is 21.1. The second-order valence-corrected chi connectivity index (χ2v) is 10.0. The molecule has 6 nitrogen and oxygen atoms in total. The van der Waals surface area contributed by atoms with Gasteiger partial charge in [0.15, 0.2) is 10.3 Å². The van der Waals surface area contributed by atoms with E-state index in [2.05, 4.69) is 10.3 Å². The molecule has 0 aliphatic rings. The summed E-state index contributed by atoms with van der Waals surface area (Å²) in [5, 5.41) is 5.99. The van der Waals surface area contributed by atoms with Crippen LogP contribution in [0.15, 0.2) is 82.1 Å². The number of nitrogens with zero attached hydrogens (tertiary/aromatic N) is 3. The standard InChI is InChI=1S/C27H21FN4O2S2/c1-16-7-12-20(13-17(16)2)32-25(34)21-5-3-4-6-22(21)30-27(32)36-15-24(33)31-26-29-23(14-35-26)18-8-10-19(28)11-9-18/h3-14H,15H2,1-2H3,(H,29,31,33). The van der Waals surface area contributed by atoms with Gasteiger partial charge < -0.3 is 5.32 Å². The van der Waals surface area contributed by atoms with E-state index in [0.717, 1.165) is 16.7 Å². The van der Waals surface area contributed by atoms with Gasteiger partial charge in [-0.25, -0.2) is 14.4 Å². The highest BCUT2D eigenvalue weighted by molar-refractivity contribution is 7.99. The molecule has 5 aromatic rings. The van der Waals surface area contributed by atoms with Gasteiger partial charge in [-0.05, 0) is 73.5 Å². The largest absolute Gasteiger partial charge is 0.301 e. The van der Waals surface area contributed by atoms with E-state index >= 15 is 0 Å². The molecule has 3 aromatic carbocycles. The normalized spacial score (nSPS) is 11.1. The zero-order chi connectivity index (χ0) is 25.2. The van der Waals surface area contributed by atoms with Crippen LogP contribution in [-0.4, -0.2) is 26.2 Å². The van der Waals surface area contributed by atoms with Gasteiger partial charge in [-0.15, -0.1) is 11.3 Å². The maximum Gasteiger partial charge on any atom is 0.266 e. The number of hydrogen-bond donors (Lipinski definition) is 1. The molecule has 9 heteroatoms. The van der Waals surface area contributed by atoms with Gasteiger partial charge in [0.25, 0.3) is 5.56 Å². The maximum atomic E-state index is 13.4. The number of anilines is 1.